The van der Waals surface area contributed by atoms with Crippen molar-refractivity contribution >= 4 is 5.97 Å². The van der Waals surface area contributed by atoms with Crippen LogP contribution in [0.2, 0.25) is 0 Å². The zero-order valence-corrected chi connectivity index (χ0v) is 8.00. The number of hydrogen-bond acceptors (Lipinski definition) is 3. The molecule has 0 spiro atoms. The summed E-state index contributed by atoms with van der Waals surface area (Å²) in [4.78, 5) is 10.8. The molecular weight excluding hydrogens is 156 g/mol. The Morgan fingerprint density at radius 3 is 2.33 bits per heavy atom. The molecular formula is C9H16O3. The van der Waals surface area contributed by atoms with E-state index in [2.05, 4.69) is 4.74 Å². The number of allylic oxidation sites excluding steroid dienone is 1. The minimum absolute atomic E-state index is 0.323. The first-order valence-electron chi connectivity index (χ1n) is 3.93. The molecule has 0 saturated carbocycles. The summed E-state index contributed by atoms with van der Waals surface area (Å²) in [5.41, 5.74) is 0.636. The molecule has 0 aromatic rings. The van der Waals surface area contributed by atoms with E-state index in [4.69, 9.17) is 0 Å². The van der Waals surface area contributed by atoms with Crippen LogP contribution in [0.4, 0.5) is 0 Å². The number of rotatable bonds is 3. The summed E-state index contributed by atoms with van der Waals surface area (Å²) in [5.74, 6) is -0.284. The lowest BCUT2D eigenvalue weighted by atomic mass is 10.1. The Hall–Kier alpha value is -0.830. The molecule has 3 nitrogen and oxygen atoms in total. The third-order valence-corrected chi connectivity index (χ3v) is 1.45. The van der Waals surface area contributed by atoms with Crippen LogP contribution in [0.1, 0.15) is 20.8 Å². The van der Waals surface area contributed by atoms with Gasteiger partial charge in [0.25, 0.3) is 0 Å². The van der Waals surface area contributed by atoms with Gasteiger partial charge >= 0.3 is 5.97 Å². The summed E-state index contributed by atoms with van der Waals surface area (Å²) in [6.45, 7) is 5.67. The lowest BCUT2D eigenvalue weighted by Crippen LogP contribution is -2.23. The molecule has 0 bridgehead atoms. The number of aliphatic hydroxyl groups excluding tert-OH is 1. The summed E-state index contributed by atoms with van der Waals surface area (Å²) in [5, 5.41) is 9.29. The predicted octanol–water partition coefficient (Wildman–Crippen LogP) is 1.12. The first-order valence-corrected chi connectivity index (χ1v) is 3.93. The fourth-order valence-corrected chi connectivity index (χ4v) is 0.914. The Morgan fingerprint density at radius 1 is 1.50 bits per heavy atom. The number of carbonyl (C=O) groups excluding carboxylic acids is 1. The van der Waals surface area contributed by atoms with Crippen LogP contribution in [0.3, 0.4) is 0 Å². The second-order valence-electron chi connectivity index (χ2n) is 3.08. The quantitative estimate of drug-likeness (QED) is 0.512. The van der Waals surface area contributed by atoms with Gasteiger partial charge in [0.1, 0.15) is 0 Å². The van der Waals surface area contributed by atoms with Gasteiger partial charge in [0, 0.05) is 0 Å². The first-order chi connectivity index (χ1) is 5.49. The van der Waals surface area contributed by atoms with Crippen LogP contribution in [0.15, 0.2) is 11.6 Å². The van der Waals surface area contributed by atoms with E-state index in [0.717, 1.165) is 0 Å². The number of ether oxygens (including phenoxy) is 1. The van der Waals surface area contributed by atoms with Crippen molar-refractivity contribution in [1.29, 1.82) is 0 Å². The average molecular weight is 172 g/mol. The van der Waals surface area contributed by atoms with Gasteiger partial charge < -0.3 is 9.84 Å². The maximum absolute atomic E-state index is 10.8. The predicted molar refractivity (Wildman–Crippen MR) is 46.6 cm³/mol. The fraction of sp³-hybridized carbons (Fsp3) is 0.667. The smallest absolute Gasteiger partial charge is 0.339 e. The highest BCUT2D eigenvalue weighted by atomic mass is 16.5. The number of carbonyl (C=O) groups is 1. The molecule has 1 atom stereocenters. The van der Waals surface area contributed by atoms with Crippen molar-refractivity contribution in [2.75, 3.05) is 7.11 Å². The average Bonchev–Trinajstić information content (AvgIpc) is 2.00. The summed E-state index contributed by atoms with van der Waals surface area (Å²) >= 11 is 0. The summed E-state index contributed by atoms with van der Waals surface area (Å²) in [6.07, 6.45) is 0.721. The fourth-order valence-electron chi connectivity index (χ4n) is 0.914. The van der Waals surface area contributed by atoms with Gasteiger partial charge in [-0.15, -0.1) is 0 Å². The van der Waals surface area contributed by atoms with E-state index in [1.54, 1.807) is 6.92 Å². The number of methoxy groups -OCH3 is 1. The summed E-state index contributed by atoms with van der Waals surface area (Å²) in [6, 6.07) is 0. The Kier molecular flexibility index (Phi) is 4.59. The van der Waals surface area contributed by atoms with Crippen molar-refractivity contribution in [1.82, 2.24) is 0 Å². The Labute approximate surface area is 73.0 Å². The molecule has 12 heavy (non-hydrogen) atoms. The Bertz CT molecular complexity index is 182. The molecule has 0 heterocycles. The van der Waals surface area contributed by atoms with Crippen molar-refractivity contribution in [2.24, 2.45) is 5.92 Å². The number of hydrogen-bond donors (Lipinski definition) is 1. The topological polar surface area (TPSA) is 46.5 Å². The van der Waals surface area contributed by atoms with E-state index in [1.165, 1.54) is 7.11 Å². The van der Waals surface area contributed by atoms with Crippen LogP contribution in [0.25, 0.3) is 0 Å². The lowest BCUT2D eigenvalue weighted by Gasteiger charge is -2.09. The van der Waals surface area contributed by atoms with Crippen molar-refractivity contribution in [3.8, 4) is 0 Å². The van der Waals surface area contributed by atoms with Crippen molar-refractivity contribution in [3.05, 3.63) is 11.6 Å². The van der Waals surface area contributed by atoms with E-state index in [9.17, 15) is 9.90 Å². The monoisotopic (exact) mass is 172 g/mol. The van der Waals surface area contributed by atoms with Gasteiger partial charge in [0.15, 0.2) is 6.10 Å². The van der Waals surface area contributed by atoms with Gasteiger partial charge in [0.05, 0.1) is 7.11 Å². The maximum Gasteiger partial charge on any atom is 0.339 e. The van der Waals surface area contributed by atoms with Crippen LogP contribution < -0.4 is 0 Å². The molecule has 1 N–H and O–H groups in total. The van der Waals surface area contributed by atoms with Crippen LogP contribution in [-0.2, 0) is 9.53 Å². The molecule has 0 fully saturated rings. The third-order valence-electron chi connectivity index (χ3n) is 1.45. The van der Waals surface area contributed by atoms with E-state index >= 15 is 0 Å². The highest BCUT2D eigenvalue weighted by Crippen LogP contribution is 2.07. The molecule has 0 aliphatic carbocycles. The second kappa shape index (κ2) is 4.93. The van der Waals surface area contributed by atoms with Gasteiger partial charge in [-0.25, -0.2) is 4.79 Å². The second-order valence-corrected chi connectivity index (χ2v) is 3.08. The Balaban J connectivity index is 4.28. The highest BCUT2D eigenvalue weighted by molar-refractivity contribution is 5.77. The zero-order chi connectivity index (χ0) is 9.72. The molecule has 0 aliphatic heterocycles. The maximum atomic E-state index is 10.8. The molecule has 70 valence electrons. The van der Waals surface area contributed by atoms with Crippen molar-refractivity contribution in [2.45, 2.75) is 26.9 Å². The third kappa shape index (κ3) is 3.53. The minimum atomic E-state index is -1.11. The molecule has 0 amide bonds. The Morgan fingerprint density at radius 2 is 2.00 bits per heavy atom. The number of aliphatic hydroxyl groups is 1. The largest absolute Gasteiger partial charge is 0.467 e. The van der Waals surface area contributed by atoms with E-state index in [1.807, 2.05) is 19.9 Å². The summed E-state index contributed by atoms with van der Waals surface area (Å²) in [7, 11) is 1.26. The standard InChI is InChI=1S/C9H16O3/c1-6(2)5-7(3)8(10)9(11)12-4/h5-6,8,10H,1-4H3/b7-5+. The van der Waals surface area contributed by atoms with Gasteiger partial charge in [-0.1, -0.05) is 19.9 Å². The molecule has 0 aromatic carbocycles. The van der Waals surface area contributed by atoms with Crippen molar-refractivity contribution < 1.29 is 14.6 Å². The SMILES string of the molecule is COC(=O)C(O)/C(C)=C/C(C)C. The summed E-state index contributed by atoms with van der Waals surface area (Å²) < 4.78 is 4.38. The molecule has 3 heteroatoms. The lowest BCUT2D eigenvalue weighted by molar-refractivity contribution is -0.148. The van der Waals surface area contributed by atoms with Gasteiger partial charge in [-0.3, -0.25) is 0 Å². The van der Waals surface area contributed by atoms with Crippen LogP contribution >= 0.6 is 0 Å². The highest BCUT2D eigenvalue weighted by Gasteiger charge is 2.16. The van der Waals surface area contributed by atoms with Crippen molar-refractivity contribution in [3.63, 3.8) is 0 Å². The van der Waals surface area contributed by atoms with Crippen LogP contribution in [0.5, 0.6) is 0 Å². The molecule has 0 rings (SSSR count). The molecule has 0 aromatic heterocycles. The molecule has 0 saturated heterocycles. The van der Waals surface area contributed by atoms with E-state index in [-0.39, 0.29) is 0 Å². The molecule has 0 aliphatic rings. The van der Waals surface area contributed by atoms with Crippen LogP contribution in [0, 0.1) is 5.92 Å². The van der Waals surface area contributed by atoms with E-state index < -0.39 is 12.1 Å². The number of esters is 1. The first kappa shape index (κ1) is 11.2. The van der Waals surface area contributed by atoms with Gasteiger partial charge in [-0.2, -0.15) is 0 Å². The van der Waals surface area contributed by atoms with E-state index in [0.29, 0.717) is 11.5 Å². The molecule has 1 unspecified atom stereocenters. The molecule has 0 radical (unpaired) electrons. The van der Waals surface area contributed by atoms with Crippen LogP contribution in [-0.4, -0.2) is 24.3 Å². The zero-order valence-electron chi connectivity index (χ0n) is 8.00. The normalized spacial score (nSPS) is 14.7. The minimum Gasteiger partial charge on any atom is -0.467 e. The van der Waals surface area contributed by atoms with Gasteiger partial charge in [-0.05, 0) is 18.4 Å². The van der Waals surface area contributed by atoms with Gasteiger partial charge in [0.2, 0.25) is 0 Å².